The van der Waals surface area contributed by atoms with E-state index in [1.807, 2.05) is 0 Å². The van der Waals surface area contributed by atoms with Gasteiger partial charge >= 0.3 is 13.8 Å². The molecule has 1 heterocycles. The van der Waals surface area contributed by atoms with E-state index in [0.29, 0.717) is 6.42 Å². The number of rotatable bonds is 24. The van der Waals surface area contributed by atoms with Gasteiger partial charge in [-0.2, -0.15) is 0 Å². The van der Waals surface area contributed by atoms with Crippen molar-refractivity contribution in [3.8, 4) is 0 Å². The number of ether oxygens (including phenoxy) is 2. The zero-order chi connectivity index (χ0) is 29.8. The fourth-order valence-corrected chi connectivity index (χ4v) is 5.30. The van der Waals surface area contributed by atoms with Crippen LogP contribution >= 0.6 is 7.82 Å². The lowest BCUT2D eigenvalue weighted by molar-refractivity contribution is -0.281. The summed E-state index contributed by atoms with van der Waals surface area (Å²) in [6.45, 7) is 0.322. The molecule has 1 rings (SSSR count). The minimum Gasteiger partial charge on any atom is -0.463 e. The maximum Gasteiger partial charge on any atom is 0.474 e. The number of unbranched alkanes of at least 4 members (excludes halogenated alkanes) is 14. The average Bonchev–Trinajstić information content (AvgIpc) is 2.93. The fourth-order valence-electron chi connectivity index (χ4n) is 4.45. The molecule has 0 aromatic carbocycles. The Kier molecular flexibility index (Phi) is 20.5. The van der Waals surface area contributed by atoms with Crippen LogP contribution < -0.4 is 0 Å². The second-order valence-corrected chi connectivity index (χ2v) is 12.0. The van der Waals surface area contributed by atoms with Gasteiger partial charge < -0.3 is 39.9 Å². The fraction of sp³-hybridized carbons (Fsp3) is 0.963. The number of hydrogen-bond acceptors (Lipinski definition) is 11. The Morgan fingerprint density at radius 1 is 0.800 bits per heavy atom. The normalized spacial score (nSPS) is 25.4. The molecule has 2 unspecified atom stereocenters. The highest BCUT2D eigenvalue weighted by atomic mass is 31.2. The van der Waals surface area contributed by atoms with Gasteiger partial charge in [0, 0.05) is 6.42 Å². The molecule has 13 heteroatoms. The summed E-state index contributed by atoms with van der Waals surface area (Å²) in [5, 5.41) is 48.4. The summed E-state index contributed by atoms with van der Waals surface area (Å²) in [6, 6.07) is 0. The number of aliphatic hydroxyl groups excluding tert-OH is 5. The number of esters is 1. The van der Waals surface area contributed by atoms with Gasteiger partial charge in [-0.25, -0.2) is 4.57 Å². The third kappa shape index (κ3) is 16.7. The minimum atomic E-state index is -4.89. The van der Waals surface area contributed by atoms with E-state index in [9.17, 15) is 34.7 Å². The number of aliphatic hydroxyl groups is 5. The molecule has 0 saturated carbocycles. The van der Waals surface area contributed by atoms with Crippen molar-refractivity contribution in [3.63, 3.8) is 0 Å². The molecular weight excluding hydrogens is 547 g/mol. The van der Waals surface area contributed by atoms with Gasteiger partial charge in [0.05, 0.1) is 13.2 Å². The molecular formula is C27H53O12P. The van der Waals surface area contributed by atoms with Crippen molar-refractivity contribution in [1.29, 1.82) is 0 Å². The topological polar surface area (TPSA) is 192 Å². The maximum absolute atomic E-state index is 12.1. The summed E-state index contributed by atoms with van der Waals surface area (Å²) in [5.74, 6) is -0.488. The number of phosphoric acid groups is 1. The van der Waals surface area contributed by atoms with E-state index >= 15 is 0 Å². The molecule has 6 N–H and O–H groups in total. The Bertz CT molecular complexity index is 694. The molecule has 0 bridgehead atoms. The molecule has 40 heavy (non-hydrogen) atoms. The lowest BCUT2D eigenvalue weighted by atomic mass is 10.00. The Morgan fingerprint density at radius 3 is 1.80 bits per heavy atom. The van der Waals surface area contributed by atoms with E-state index < -0.39 is 70.4 Å². The smallest absolute Gasteiger partial charge is 0.463 e. The number of phosphoric ester groups is 1. The highest BCUT2D eigenvalue weighted by molar-refractivity contribution is 7.47. The minimum absolute atomic E-state index is 0.213. The van der Waals surface area contributed by atoms with Gasteiger partial charge in [0.15, 0.2) is 6.29 Å². The van der Waals surface area contributed by atoms with E-state index in [-0.39, 0.29) is 6.42 Å². The van der Waals surface area contributed by atoms with E-state index in [2.05, 4.69) is 16.0 Å². The summed E-state index contributed by atoms with van der Waals surface area (Å²) in [7, 11) is -4.89. The molecule has 1 fully saturated rings. The van der Waals surface area contributed by atoms with E-state index in [1.54, 1.807) is 0 Å². The average molecular weight is 601 g/mol. The van der Waals surface area contributed by atoms with Crippen LogP contribution in [0.25, 0.3) is 0 Å². The molecule has 12 nitrogen and oxygen atoms in total. The van der Waals surface area contributed by atoms with Gasteiger partial charge in [-0.15, -0.1) is 0 Å². The highest BCUT2D eigenvalue weighted by Crippen LogP contribution is 2.46. The second kappa shape index (κ2) is 22.0. The predicted molar refractivity (Wildman–Crippen MR) is 147 cm³/mol. The van der Waals surface area contributed by atoms with E-state index in [4.69, 9.17) is 14.6 Å². The zero-order valence-corrected chi connectivity index (χ0v) is 24.9. The third-order valence-electron chi connectivity index (χ3n) is 6.94. The van der Waals surface area contributed by atoms with Crippen LogP contribution in [-0.2, 0) is 27.9 Å². The Labute approximate surface area is 238 Å². The van der Waals surface area contributed by atoms with Crippen LogP contribution in [-0.4, -0.2) is 93.0 Å². The maximum atomic E-state index is 12.1. The lowest BCUT2D eigenvalue weighted by Crippen LogP contribution is -2.58. The molecule has 0 radical (unpaired) electrons. The van der Waals surface area contributed by atoms with Crippen LogP contribution in [0.2, 0.25) is 0 Å². The van der Waals surface area contributed by atoms with Gasteiger partial charge in [-0.05, 0) is 6.42 Å². The van der Waals surface area contributed by atoms with E-state index in [0.717, 1.165) is 19.3 Å². The van der Waals surface area contributed by atoms with Crippen LogP contribution in [0.3, 0.4) is 0 Å². The molecule has 0 spiro atoms. The first-order chi connectivity index (χ1) is 19.1. The molecule has 7 atom stereocenters. The van der Waals surface area contributed by atoms with Gasteiger partial charge in [0.25, 0.3) is 0 Å². The van der Waals surface area contributed by atoms with Gasteiger partial charge in [-0.1, -0.05) is 96.8 Å². The quantitative estimate of drug-likeness (QED) is 0.0540. The summed E-state index contributed by atoms with van der Waals surface area (Å²) < 4.78 is 31.4. The van der Waals surface area contributed by atoms with E-state index in [1.165, 1.54) is 70.6 Å². The molecule has 1 aliphatic rings. The molecule has 1 saturated heterocycles. The van der Waals surface area contributed by atoms with Gasteiger partial charge in [-0.3, -0.25) is 13.8 Å². The number of carbonyl (C=O) groups excluding carboxylic acids is 1. The first-order valence-electron chi connectivity index (χ1n) is 14.9. The highest BCUT2D eigenvalue weighted by Gasteiger charge is 2.46. The summed E-state index contributed by atoms with van der Waals surface area (Å²) in [4.78, 5) is 21.7. The largest absolute Gasteiger partial charge is 0.474 e. The predicted octanol–water partition coefficient (Wildman–Crippen LogP) is 3.09. The van der Waals surface area contributed by atoms with Gasteiger partial charge in [0.2, 0.25) is 0 Å². The van der Waals surface area contributed by atoms with Crippen LogP contribution in [0.5, 0.6) is 0 Å². The molecule has 0 aliphatic carbocycles. The Morgan fingerprint density at radius 2 is 1.30 bits per heavy atom. The molecule has 0 aromatic heterocycles. The first-order valence-corrected chi connectivity index (χ1v) is 16.4. The standard InChI is InChI=1S/C27H53O12P/c1-2-3-4-5-6-7-8-9-10-11-12-13-14-15-16-17-23(30)36-19-21(29)20-37-40(34,35)39-27-26(33)25(32)24(31)22(18-28)38-27/h21-22,24-29,31-33H,2-20H2,1H3,(H,34,35)/t21?,22-,24-,25+,26-,27+/m1/s1. The van der Waals surface area contributed by atoms with Crippen molar-refractivity contribution in [2.24, 2.45) is 0 Å². The number of hydrogen-bond donors (Lipinski definition) is 6. The third-order valence-corrected chi connectivity index (χ3v) is 7.89. The number of carbonyl (C=O) groups is 1. The van der Waals surface area contributed by atoms with Crippen molar-refractivity contribution in [1.82, 2.24) is 0 Å². The van der Waals surface area contributed by atoms with Crippen LogP contribution in [0, 0.1) is 0 Å². The summed E-state index contributed by atoms with van der Waals surface area (Å²) >= 11 is 0. The summed E-state index contributed by atoms with van der Waals surface area (Å²) in [6.07, 6.45) is 8.55. The van der Waals surface area contributed by atoms with Crippen LogP contribution in [0.1, 0.15) is 110 Å². The molecule has 0 aromatic rings. The molecule has 1 aliphatic heterocycles. The summed E-state index contributed by atoms with van der Waals surface area (Å²) in [5.41, 5.74) is 0. The van der Waals surface area contributed by atoms with Crippen molar-refractivity contribution in [2.45, 2.75) is 146 Å². The van der Waals surface area contributed by atoms with Gasteiger partial charge in [0.1, 0.15) is 37.1 Å². The lowest BCUT2D eigenvalue weighted by Gasteiger charge is -2.39. The van der Waals surface area contributed by atoms with Crippen LogP contribution in [0.4, 0.5) is 0 Å². The van der Waals surface area contributed by atoms with Crippen molar-refractivity contribution < 1.29 is 58.3 Å². The first kappa shape index (κ1) is 37.4. The molecule has 0 amide bonds. The zero-order valence-electron chi connectivity index (χ0n) is 24.0. The Hall–Kier alpha value is -0.660. The van der Waals surface area contributed by atoms with Crippen molar-refractivity contribution in [3.05, 3.63) is 0 Å². The van der Waals surface area contributed by atoms with Crippen molar-refractivity contribution in [2.75, 3.05) is 19.8 Å². The Balaban J connectivity index is 2.04. The van der Waals surface area contributed by atoms with Crippen molar-refractivity contribution >= 4 is 13.8 Å². The SMILES string of the molecule is CCCCCCCCCCCCCCCCCC(=O)OCC(O)COP(=O)(O)O[C@@H]1O[C@H](CO)[C@@H](O)[C@H](O)[C@H]1O. The van der Waals surface area contributed by atoms with Crippen LogP contribution in [0.15, 0.2) is 0 Å². The second-order valence-electron chi connectivity index (χ2n) is 10.6. The monoisotopic (exact) mass is 600 g/mol. The molecule has 238 valence electrons.